The van der Waals surface area contributed by atoms with E-state index >= 15 is 0 Å². The van der Waals surface area contributed by atoms with E-state index in [2.05, 4.69) is 0 Å². The van der Waals surface area contributed by atoms with E-state index in [0.717, 1.165) is 0 Å². The van der Waals surface area contributed by atoms with Crippen LogP contribution in [0.3, 0.4) is 0 Å². The fourth-order valence-electron chi connectivity index (χ4n) is 0.842. The zero-order chi connectivity index (χ0) is 9.78. The van der Waals surface area contributed by atoms with Gasteiger partial charge in [0.25, 0.3) is 0 Å². The number of alkyl halides is 3. The molecule has 12 heavy (non-hydrogen) atoms. The van der Waals surface area contributed by atoms with Crippen molar-refractivity contribution in [2.75, 3.05) is 0 Å². The Labute approximate surface area is 69.0 Å². The van der Waals surface area contributed by atoms with Gasteiger partial charge >= 0.3 is 6.18 Å². The predicted molar refractivity (Wildman–Crippen MR) is 37.6 cm³/mol. The van der Waals surface area contributed by atoms with Gasteiger partial charge in [-0.3, -0.25) is 0 Å². The van der Waals surface area contributed by atoms with Crippen molar-refractivity contribution < 1.29 is 23.4 Å². The highest BCUT2D eigenvalue weighted by molar-refractivity contribution is 4.62. The fourth-order valence-corrected chi connectivity index (χ4v) is 0.842. The minimum Gasteiger partial charge on any atom is -0.393 e. The highest BCUT2D eigenvalue weighted by Gasteiger charge is 2.27. The molecule has 5 heteroatoms. The summed E-state index contributed by atoms with van der Waals surface area (Å²) in [4.78, 5) is 0. The number of hydrogen-bond donors (Lipinski definition) is 2. The molecule has 0 aromatic carbocycles. The van der Waals surface area contributed by atoms with Gasteiger partial charge < -0.3 is 10.2 Å². The maximum absolute atomic E-state index is 11.6. The molecule has 0 aromatic heterocycles. The normalized spacial score (nSPS) is 17.5. The van der Waals surface area contributed by atoms with Gasteiger partial charge in [0.15, 0.2) is 0 Å². The van der Waals surface area contributed by atoms with E-state index in [1.807, 2.05) is 0 Å². The number of aliphatic hydroxyl groups excluding tert-OH is 2. The van der Waals surface area contributed by atoms with Gasteiger partial charge in [0.2, 0.25) is 0 Å². The van der Waals surface area contributed by atoms with E-state index in [1.54, 1.807) is 0 Å². The van der Waals surface area contributed by atoms with Crippen LogP contribution < -0.4 is 0 Å². The van der Waals surface area contributed by atoms with E-state index in [1.165, 1.54) is 6.92 Å². The molecule has 74 valence electrons. The highest BCUT2D eigenvalue weighted by Crippen LogP contribution is 2.23. The average molecular weight is 186 g/mol. The third-order valence-electron chi connectivity index (χ3n) is 1.37. The monoisotopic (exact) mass is 186 g/mol. The standard InChI is InChI=1S/C7H13F3O2/c1-5(11)4-6(12)2-3-7(8,9)10/h5-6,11-12H,2-4H2,1H3. The Bertz CT molecular complexity index is 122. The minimum absolute atomic E-state index is 0.00389. The van der Waals surface area contributed by atoms with Crippen LogP contribution in [0.15, 0.2) is 0 Å². The molecule has 0 heterocycles. The van der Waals surface area contributed by atoms with Crippen LogP contribution in [0.1, 0.15) is 26.2 Å². The van der Waals surface area contributed by atoms with E-state index in [4.69, 9.17) is 10.2 Å². The Morgan fingerprint density at radius 3 is 2.08 bits per heavy atom. The van der Waals surface area contributed by atoms with Gasteiger partial charge in [0, 0.05) is 6.42 Å². The Kier molecular flexibility index (Phi) is 4.55. The van der Waals surface area contributed by atoms with Gasteiger partial charge in [-0.1, -0.05) is 0 Å². The van der Waals surface area contributed by atoms with Crippen molar-refractivity contribution in [3.8, 4) is 0 Å². The smallest absolute Gasteiger partial charge is 0.389 e. The summed E-state index contributed by atoms with van der Waals surface area (Å²) in [7, 11) is 0. The quantitative estimate of drug-likeness (QED) is 0.697. The van der Waals surface area contributed by atoms with Gasteiger partial charge in [-0.05, 0) is 19.8 Å². The first-order valence-electron chi connectivity index (χ1n) is 3.74. The van der Waals surface area contributed by atoms with Crippen LogP contribution in [0.4, 0.5) is 13.2 Å². The van der Waals surface area contributed by atoms with Gasteiger partial charge in [0.1, 0.15) is 0 Å². The Morgan fingerprint density at radius 2 is 1.75 bits per heavy atom. The van der Waals surface area contributed by atoms with E-state index in [0.29, 0.717) is 0 Å². The molecule has 0 saturated heterocycles. The first-order chi connectivity index (χ1) is 5.31. The van der Waals surface area contributed by atoms with Crippen molar-refractivity contribution in [2.45, 2.75) is 44.6 Å². The second-order valence-corrected chi connectivity index (χ2v) is 2.89. The molecule has 0 radical (unpaired) electrons. The van der Waals surface area contributed by atoms with Crippen LogP contribution in [0.25, 0.3) is 0 Å². The maximum Gasteiger partial charge on any atom is 0.389 e. The number of rotatable bonds is 4. The average Bonchev–Trinajstić information content (AvgIpc) is 1.80. The molecule has 0 aliphatic carbocycles. The van der Waals surface area contributed by atoms with Crippen molar-refractivity contribution in [3.63, 3.8) is 0 Å². The molecule has 2 N–H and O–H groups in total. The zero-order valence-corrected chi connectivity index (χ0v) is 6.80. The van der Waals surface area contributed by atoms with Crippen LogP contribution in [0.5, 0.6) is 0 Å². The summed E-state index contributed by atoms with van der Waals surface area (Å²) in [6, 6.07) is 0. The first-order valence-corrected chi connectivity index (χ1v) is 3.74. The minimum atomic E-state index is -4.22. The van der Waals surface area contributed by atoms with Crippen molar-refractivity contribution in [1.29, 1.82) is 0 Å². The van der Waals surface area contributed by atoms with Crippen LogP contribution in [0, 0.1) is 0 Å². The van der Waals surface area contributed by atoms with E-state index in [-0.39, 0.29) is 12.8 Å². The lowest BCUT2D eigenvalue weighted by atomic mass is 10.1. The zero-order valence-electron chi connectivity index (χ0n) is 6.80. The Morgan fingerprint density at radius 1 is 1.25 bits per heavy atom. The van der Waals surface area contributed by atoms with Crippen LogP contribution in [0.2, 0.25) is 0 Å². The molecular formula is C7H13F3O2. The molecule has 0 fully saturated rings. The molecule has 0 saturated carbocycles. The van der Waals surface area contributed by atoms with Crippen molar-refractivity contribution in [3.05, 3.63) is 0 Å². The molecule has 0 bridgehead atoms. The molecule has 0 aromatic rings. The molecule has 0 aliphatic heterocycles. The molecular weight excluding hydrogens is 173 g/mol. The topological polar surface area (TPSA) is 40.5 Å². The molecule has 0 rings (SSSR count). The molecule has 2 unspecified atom stereocenters. The molecule has 0 aliphatic rings. The molecule has 2 nitrogen and oxygen atoms in total. The molecule has 2 atom stereocenters. The third kappa shape index (κ3) is 7.81. The summed E-state index contributed by atoms with van der Waals surface area (Å²) < 4.78 is 34.7. The second-order valence-electron chi connectivity index (χ2n) is 2.89. The summed E-state index contributed by atoms with van der Waals surface area (Å²) >= 11 is 0. The number of halogens is 3. The van der Waals surface area contributed by atoms with E-state index in [9.17, 15) is 13.2 Å². The van der Waals surface area contributed by atoms with Crippen molar-refractivity contribution >= 4 is 0 Å². The second kappa shape index (κ2) is 4.67. The molecule has 0 amide bonds. The van der Waals surface area contributed by atoms with Crippen molar-refractivity contribution in [1.82, 2.24) is 0 Å². The Hall–Kier alpha value is -0.290. The maximum atomic E-state index is 11.6. The lowest BCUT2D eigenvalue weighted by Gasteiger charge is -2.13. The Balaban J connectivity index is 3.51. The first kappa shape index (κ1) is 11.7. The highest BCUT2D eigenvalue weighted by atomic mass is 19.4. The fraction of sp³-hybridized carbons (Fsp3) is 1.00. The summed E-state index contributed by atoms with van der Waals surface area (Å²) in [5.74, 6) is 0. The molecule has 0 spiro atoms. The lowest BCUT2D eigenvalue weighted by molar-refractivity contribution is -0.140. The van der Waals surface area contributed by atoms with Gasteiger partial charge in [-0.25, -0.2) is 0 Å². The summed E-state index contributed by atoms with van der Waals surface area (Å²) in [6.07, 6.45) is -7.38. The SMILES string of the molecule is CC(O)CC(O)CCC(F)(F)F. The van der Waals surface area contributed by atoms with E-state index < -0.39 is 24.8 Å². The third-order valence-corrected chi connectivity index (χ3v) is 1.37. The van der Waals surface area contributed by atoms with Gasteiger partial charge in [-0.15, -0.1) is 0 Å². The van der Waals surface area contributed by atoms with Crippen LogP contribution in [-0.2, 0) is 0 Å². The lowest BCUT2D eigenvalue weighted by Crippen LogP contribution is -2.18. The van der Waals surface area contributed by atoms with Crippen LogP contribution in [-0.4, -0.2) is 28.6 Å². The summed E-state index contributed by atoms with van der Waals surface area (Å²) in [5, 5.41) is 17.6. The largest absolute Gasteiger partial charge is 0.393 e. The summed E-state index contributed by atoms with van der Waals surface area (Å²) in [5.41, 5.74) is 0. The number of hydrogen-bond acceptors (Lipinski definition) is 2. The summed E-state index contributed by atoms with van der Waals surface area (Å²) in [6.45, 7) is 1.43. The predicted octanol–water partition coefficient (Wildman–Crippen LogP) is 1.46. The number of aliphatic hydroxyl groups is 2. The van der Waals surface area contributed by atoms with Crippen LogP contribution >= 0.6 is 0 Å². The van der Waals surface area contributed by atoms with Gasteiger partial charge in [0.05, 0.1) is 12.2 Å². The van der Waals surface area contributed by atoms with Crippen molar-refractivity contribution in [2.24, 2.45) is 0 Å². The van der Waals surface area contributed by atoms with Gasteiger partial charge in [-0.2, -0.15) is 13.2 Å².